The van der Waals surface area contributed by atoms with E-state index < -0.39 is 41.3 Å². The van der Waals surface area contributed by atoms with E-state index in [0.717, 1.165) is 0 Å². The molecule has 1 aromatic heterocycles. The van der Waals surface area contributed by atoms with Crippen molar-refractivity contribution in [1.82, 2.24) is 4.98 Å². The number of hydrogen-bond donors (Lipinski definition) is 0. The van der Waals surface area contributed by atoms with Gasteiger partial charge in [0.2, 0.25) is 5.69 Å². The molecule has 0 unspecified atom stereocenters. The van der Waals surface area contributed by atoms with E-state index in [1.807, 2.05) is 0 Å². The van der Waals surface area contributed by atoms with Crippen LogP contribution in [0.2, 0.25) is 0 Å². The van der Waals surface area contributed by atoms with Gasteiger partial charge in [-0.05, 0) is 25.8 Å². The number of aromatic nitrogens is 1. The minimum absolute atomic E-state index is 0.440. The van der Waals surface area contributed by atoms with Crippen molar-refractivity contribution in [1.29, 1.82) is 0 Å². The predicted octanol–water partition coefficient (Wildman–Crippen LogP) is 2.62. The van der Waals surface area contributed by atoms with Gasteiger partial charge in [-0.15, -0.1) is 0 Å². The lowest BCUT2D eigenvalue weighted by molar-refractivity contribution is -0.389. The summed E-state index contributed by atoms with van der Waals surface area (Å²) in [5.41, 5.74) is -1.26. The average Bonchev–Trinajstić information content (AvgIpc) is 2.13. The van der Waals surface area contributed by atoms with Crippen LogP contribution in [0.25, 0.3) is 0 Å². The molecule has 17 heavy (non-hydrogen) atoms. The quantitative estimate of drug-likeness (QED) is 0.474. The Morgan fingerprint density at radius 3 is 2.41 bits per heavy atom. The minimum Gasteiger partial charge on any atom is -0.358 e. The first-order chi connectivity index (χ1) is 7.64. The summed E-state index contributed by atoms with van der Waals surface area (Å²) in [6, 6.07) is 0.682. The van der Waals surface area contributed by atoms with Crippen molar-refractivity contribution in [2.45, 2.75) is 11.3 Å². The molecule has 0 fully saturated rings. The van der Waals surface area contributed by atoms with Crippen molar-refractivity contribution in [2.24, 2.45) is 0 Å². The maximum atomic E-state index is 12.6. The van der Waals surface area contributed by atoms with Crippen LogP contribution in [-0.2, 0) is 9.05 Å². The van der Waals surface area contributed by atoms with Gasteiger partial charge in [-0.25, -0.2) is 17.2 Å². The highest BCUT2D eigenvalue weighted by molar-refractivity contribution is 9.10. The van der Waals surface area contributed by atoms with Crippen LogP contribution in [0.1, 0.15) is 12.1 Å². The Morgan fingerprint density at radius 2 is 2.06 bits per heavy atom. The number of rotatable bonds is 3. The molecule has 0 aliphatic heterocycles. The Hall–Kier alpha value is -0.870. The lowest BCUT2D eigenvalue weighted by Gasteiger charge is -2.04. The maximum absolute atomic E-state index is 12.6. The summed E-state index contributed by atoms with van der Waals surface area (Å²) in [6.07, 6.45) is -3.31. The Morgan fingerprint density at radius 1 is 1.53 bits per heavy atom. The molecule has 0 bridgehead atoms. The van der Waals surface area contributed by atoms with E-state index in [2.05, 4.69) is 20.9 Å². The molecule has 0 saturated heterocycles. The number of nitro groups is 1. The molecule has 1 aromatic rings. The molecule has 11 heteroatoms. The van der Waals surface area contributed by atoms with Crippen molar-refractivity contribution >= 4 is 41.5 Å². The van der Waals surface area contributed by atoms with Crippen LogP contribution >= 0.6 is 26.6 Å². The molecule has 1 rings (SSSR count). The van der Waals surface area contributed by atoms with Crippen LogP contribution in [-0.4, -0.2) is 18.3 Å². The van der Waals surface area contributed by atoms with Crippen molar-refractivity contribution < 1.29 is 22.1 Å². The van der Waals surface area contributed by atoms with Gasteiger partial charge < -0.3 is 10.1 Å². The van der Waals surface area contributed by atoms with Gasteiger partial charge in [0.05, 0.1) is 10.5 Å². The predicted molar refractivity (Wildman–Crippen MR) is 56.6 cm³/mol. The van der Waals surface area contributed by atoms with E-state index in [4.69, 9.17) is 10.7 Å². The van der Waals surface area contributed by atoms with Crippen LogP contribution in [0.5, 0.6) is 0 Å². The standard InChI is InChI=1S/C6H2BrClF2N2O4S/c7-2-1-3(12(13)14)11-4(6(9)10)5(2)17(8,15)16/h1,6H. The Balaban J connectivity index is 3.67. The Labute approximate surface area is 106 Å². The van der Waals surface area contributed by atoms with Gasteiger partial charge in [-0.2, -0.15) is 0 Å². The molecule has 0 aromatic carbocycles. The molecule has 1 heterocycles. The second-order valence-electron chi connectivity index (χ2n) is 2.67. The SMILES string of the molecule is O=[N+]([O-])c1cc(Br)c(S(=O)(=O)Cl)c(C(F)F)n1. The van der Waals surface area contributed by atoms with Crippen LogP contribution in [0.15, 0.2) is 15.4 Å². The third-order valence-electron chi connectivity index (χ3n) is 1.58. The van der Waals surface area contributed by atoms with E-state index >= 15 is 0 Å². The second kappa shape index (κ2) is 4.78. The molecule has 0 atom stereocenters. The smallest absolute Gasteiger partial charge is 0.358 e. The number of alkyl halides is 2. The van der Waals surface area contributed by atoms with Crippen LogP contribution in [0.4, 0.5) is 14.6 Å². The third kappa shape index (κ3) is 3.07. The lowest BCUT2D eigenvalue weighted by atomic mass is 10.3. The molecule has 0 spiro atoms. The first-order valence-corrected chi connectivity index (χ1v) is 6.82. The number of halogens is 4. The Bertz CT molecular complexity index is 580. The van der Waals surface area contributed by atoms with E-state index in [9.17, 15) is 27.3 Å². The van der Waals surface area contributed by atoms with E-state index in [-0.39, 0.29) is 0 Å². The highest BCUT2D eigenvalue weighted by Gasteiger charge is 2.33. The number of nitrogens with zero attached hydrogens (tertiary/aromatic N) is 2. The first kappa shape index (κ1) is 14.2. The van der Waals surface area contributed by atoms with Gasteiger partial charge in [0.1, 0.15) is 4.90 Å². The molecular formula is C6H2BrClF2N2O4S. The van der Waals surface area contributed by atoms with Crippen LogP contribution < -0.4 is 0 Å². The molecule has 0 aliphatic rings. The molecule has 94 valence electrons. The molecule has 0 radical (unpaired) electrons. The molecule has 0 aliphatic carbocycles. The summed E-state index contributed by atoms with van der Waals surface area (Å²) in [5, 5.41) is 10.4. The molecule has 6 nitrogen and oxygen atoms in total. The Kier molecular flexibility index (Phi) is 3.99. The fourth-order valence-corrected chi connectivity index (χ4v) is 3.48. The summed E-state index contributed by atoms with van der Waals surface area (Å²) in [4.78, 5) is 11.3. The van der Waals surface area contributed by atoms with Crippen LogP contribution in [0, 0.1) is 10.1 Å². The monoisotopic (exact) mass is 350 g/mol. The zero-order chi connectivity index (χ0) is 13.4. The first-order valence-electron chi connectivity index (χ1n) is 3.72. The van der Waals surface area contributed by atoms with E-state index in [1.54, 1.807) is 0 Å². The van der Waals surface area contributed by atoms with Gasteiger partial charge >= 0.3 is 12.2 Å². The van der Waals surface area contributed by atoms with Gasteiger partial charge in [0.15, 0.2) is 0 Å². The van der Waals surface area contributed by atoms with Gasteiger partial charge in [-0.1, -0.05) is 0 Å². The summed E-state index contributed by atoms with van der Waals surface area (Å²) in [7, 11) is 0.453. The molecule has 0 N–H and O–H groups in total. The summed E-state index contributed by atoms with van der Waals surface area (Å²) < 4.78 is 46.8. The second-order valence-corrected chi connectivity index (χ2v) is 6.03. The summed E-state index contributed by atoms with van der Waals surface area (Å²) in [6.45, 7) is 0. The van der Waals surface area contributed by atoms with Crippen molar-refractivity contribution in [3.63, 3.8) is 0 Å². The van der Waals surface area contributed by atoms with Gasteiger partial charge in [-0.3, -0.25) is 0 Å². The maximum Gasteiger partial charge on any atom is 0.365 e. The van der Waals surface area contributed by atoms with Crippen molar-refractivity contribution in [2.75, 3.05) is 0 Å². The number of pyridine rings is 1. The fourth-order valence-electron chi connectivity index (χ4n) is 0.990. The highest BCUT2D eigenvalue weighted by Crippen LogP contribution is 2.35. The largest absolute Gasteiger partial charge is 0.365 e. The molecular weight excluding hydrogens is 349 g/mol. The van der Waals surface area contributed by atoms with Gasteiger partial charge in [0.25, 0.3) is 9.05 Å². The molecule has 0 saturated carbocycles. The minimum atomic E-state index is -4.49. The van der Waals surface area contributed by atoms with E-state index in [1.165, 1.54) is 0 Å². The normalized spacial score (nSPS) is 11.8. The lowest BCUT2D eigenvalue weighted by Crippen LogP contribution is -2.05. The highest BCUT2D eigenvalue weighted by atomic mass is 79.9. The topological polar surface area (TPSA) is 90.2 Å². The zero-order valence-corrected chi connectivity index (χ0v) is 10.8. The molecule has 0 amide bonds. The van der Waals surface area contributed by atoms with Crippen molar-refractivity contribution in [3.8, 4) is 0 Å². The summed E-state index contributed by atoms with van der Waals surface area (Å²) >= 11 is 2.63. The zero-order valence-electron chi connectivity index (χ0n) is 7.60. The van der Waals surface area contributed by atoms with Gasteiger partial charge in [0, 0.05) is 10.7 Å². The van der Waals surface area contributed by atoms with Crippen LogP contribution in [0.3, 0.4) is 0 Å². The van der Waals surface area contributed by atoms with Crippen molar-refractivity contribution in [3.05, 3.63) is 26.3 Å². The summed E-state index contributed by atoms with van der Waals surface area (Å²) in [5.74, 6) is -0.906. The third-order valence-corrected chi connectivity index (χ3v) is 3.85. The fraction of sp³-hybridized carbons (Fsp3) is 0.167. The van der Waals surface area contributed by atoms with E-state index in [0.29, 0.717) is 6.07 Å². The average molecular weight is 352 g/mol. The number of hydrogen-bond acceptors (Lipinski definition) is 5.